The molecule has 2 aromatic carbocycles. The summed E-state index contributed by atoms with van der Waals surface area (Å²) in [6.45, 7) is 1.97. The SMILES string of the molecule is COc1ccccc1C(C)N(C)C(=O)CCc1ccc(-c2ccccc2F)o1. The summed E-state index contributed by atoms with van der Waals surface area (Å²) < 4.78 is 25.0. The van der Waals surface area contributed by atoms with Crippen LogP contribution in [0.2, 0.25) is 0 Å². The standard InChI is InChI=1S/C23H24FNO3/c1-16(18-8-5-7-11-21(18)27-3)25(2)23(26)15-13-17-12-14-22(28-17)19-9-4-6-10-20(19)24/h4-12,14,16H,13,15H2,1-3H3. The Kier molecular flexibility index (Phi) is 6.14. The molecule has 0 fully saturated rings. The molecule has 1 unspecified atom stereocenters. The highest BCUT2D eigenvalue weighted by molar-refractivity contribution is 5.76. The van der Waals surface area contributed by atoms with Gasteiger partial charge in [-0.15, -0.1) is 0 Å². The average molecular weight is 381 g/mol. The maximum Gasteiger partial charge on any atom is 0.223 e. The van der Waals surface area contributed by atoms with E-state index in [1.54, 1.807) is 49.4 Å². The number of para-hydroxylation sites is 1. The summed E-state index contributed by atoms with van der Waals surface area (Å²) in [4.78, 5) is 14.4. The fourth-order valence-electron chi connectivity index (χ4n) is 3.16. The Morgan fingerprint density at radius 1 is 1.11 bits per heavy atom. The maximum atomic E-state index is 13.9. The second kappa shape index (κ2) is 8.74. The molecule has 0 saturated carbocycles. The number of hydrogen-bond donors (Lipinski definition) is 0. The van der Waals surface area contributed by atoms with Gasteiger partial charge in [-0.1, -0.05) is 30.3 Å². The predicted molar refractivity (Wildman–Crippen MR) is 107 cm³/mol. The van der Waals surface area contributed by atoms with Crippen LogP contribution in [0.4, 0.5) is 4.39 Å². The summed E-state index contributed by atoms with van der Waals surface area (Å²) in [5.74, 6) is 1.56. The van der Waals surface area contributed by atoms with Crippen LogP contribution in [-0.2, 0) is 11.2 Å². The first kappa shape index (κ1) is 19.7. The Balaban J connectivity index is 1.63. The van der Waals surface area contributed by atoms with Crippen molar-refractivity contribution in [3.05, 3.63) is 77.8 Å². The second-order valence-corrected chi connectivity index (χ2v) is 6.67. The number of aryl methyl sites for hydroxylation is 1. The van der Waals surface area contributed by atoms with E-state index in [1.807, 2.05) is 31.2 Å². The molecule has 0 saturated heterocycles. The van der Waals surface area contributed by atoms with E-state index in [0.29, 0.717) is 29.9 Å². The highest BCUT2D eigenvalue weighted by Gasteiger charge is 2.20. The van der Waals surface area contributed by atoms with Gasteiger partial charge in [-0.3, -0.25) is 4.79 Å². The molecule has 3 aromatic rings. The number of amides is 1. The van der Waals surface area contributed by atoms with Crippen LogP contribution in [0, 0.1) is 5.82 Å². The Bertz CT molecular complexity index is 950. The molecule has 0 bridgehead atoms. The fraction of sp³-hybridized carbons (Fsp3) is 0.261. The number of halogens is 1. The van der Waals surface area contributed by atoms with Gasteiger partial charge in [0.1, 0.15) is 23.1 Å². The zero-order valence-electron chi connectivity index (χ0n) is 16.3. The van der Waals surface area contributed by atoms with Crippen molar-refractivity contribution >= 4 is 5.91 Å². The van der Waals surface area contributed by atoms with Crippen LogP contribution in [0.15, 0.2) is 65.1 Å². The molecule has 0 radical (unpaired) electrons. The Hall–Kier alpha value is -3.08. The van der Waals surface area contributed by atoms with Crippen molar-refractivity contribution in [2.75, 3.05) is 14.2 Å². The van der Waals surface area contributed by atoms with Crippen LogP contribution in [0.3, 0.4) is 0 Å². The first-order valence-corrected chi connectivity index (χ1v) is 9.23. The molecule has 4 nitrogen and oxygen atoms in total. The van der Waals surface area contributed by atoms with E-state index in [4.69, 9.17) is 9.15 Å². The van der Waals surface area contributed by atoms with Gasteiger partial charge in [0.25, 0.3) is 0 Å². The summed E-state index contributed by atoms with van der Waals surface area (Å²) in [5, 5.41) is 0. The van der Waals surface area contributed by atoms with E-state index in [-0.39, 0.29) is 17.8 Å². The molecular formula is C23H24FNO3. The van der Waals surface area contributed by atoms with Gasteiger partial charge >= 0.3 is 0 Å². The van der Waals surface area contributed by atoms with Crippen LogP contribution in [0.25, 0.3) is 11.3 Å². The molecule has 146 valence electrons. The van der Waals surface area contributed by atoms with E-state index in [9.17, 15) is 9.18 Å². The first-order valence-electron chi connectivity index (χ1n) is 9.23. The molecule has 0 aliphatic heterocycles. The summed E-state index contributed by atoms with van der Waals surface area (Å²) in [6.07, 6.45) is 0.760. The third kappa shape index (κ3) is 4.25. The Labute approximate surface area is 164 Å². The molecule has 1 atom stereocenters. The van der Waals surface area contributed by atoms with Crippen LogP contribution < -0.4 is 4.74 Å². The molecule has 0 aliphatic carbocycles. The molecule has 0 N–H and O–H groups in total. The van der Waals surface area contributed by atoms with Crippen molar-refractivity contribution < 1.29 is 18.3 Å². The van der Waals surface area contributed by atoms with Gasteiger partial charge in [0.15, 0.2) is 0 Å². The quantitative estimate of drug-likeness (QED) is 0.562. The largest absolute Gasteiger partial charge is 0.496 e. The number of methoxy groups -OCH3 is 1. The second-order valence-electron chi connectivity index (χ2n) is 6.67. The Morgan fingerprint density at radius 2 is 1.82 bits per heavy atom. The van der Waals surface area contributed by atoms with Gasteiger partial charge in [-0.05, 0) is 37.3 Å². The van der Waals surface area contributed by atoms with Crippen molar-refractivity contribution in [2.45, 2.75) is 25.8 Å². The van der Waals surface area contributed by atoms with E-state index in [2.05, 4.69) is 0 Å². The third-order valence-electron chi connectivity index (χ3n) is 4.95. The topological polar surface area (TPSA) is 42.7 Å². The number of carbonyl (C=O) groups excluding carboxylic acids is 1. The zero-order valence-corrected chi connectivity index (χ0v) is 16.3. The van der Waals surface area contributed by atoms with Gasteiger partial charge < -0.3 is 14.1 Å². The lowest BCUT2D eigenvalue weighted by atomic mass is 10.1. The highest BCUT2D eigenvalue weighted by Crippen LogP contribution is 2.29. The average Bonchev–Trinajstić information content (AvgIpc) is 3.20. The van der Waals surface area contributed by atoms with Gasteiger partial charge in [0, 0.05) is 25.5 Å². The number of nitrogens with zero attached hydrogens (tertiary/aromatic N) is 1. The zero-order chi connectivity index (χ0) is 20.1. The van der Waals surface area contributed by atoms with E-state index in [0.717, 1.165) is 11.3 Å². The molecule has 3 rings (SSSR count). The number of rotatable bonds is 7. The van der Waals surface area contributed by atoms with Crippen molar-refractivity contribution in [3.63, 3.8) is 0 Å². The number of carbonyl (C=O) groups is 1. The minimum Gasteiger partial charge on any atom is -0.496 e. The number of benzene rings is 2. The normalized spacial score (nSPS) is 11.9. The van der Waals surface area contributed by atoms with E-state index < -0.39 is 0 Å². The first-order chi connectivity index (χ1) is 13.5. The molecule has 0 spiro atoms. The predicted octanol–water partition coefficient (Wildman–Crippen LogP) is 5.25. The van der Waals surface area contributed by atoms with Crippen molar-refractivity contribution in [1.29, 1.82) is 0 Å². The lowest BCUT2D eigenvalue weighted by Gasteiger charge is -2.26. The van der Waals surface area contributed by atoms with Crippen molar-refractivity contribution in [3.8, 4) is 17.1 Å². The lowest BCUT2D eigenvalue weighted by molar-refractivity contribution is -0.131. The summed E-state index contributed by atoms with van der Waals surface area (Å²) >= 11 is 0. The molecule has 5 heteroatoms. The summed E-state index contributed by atoms with van der Waals surface area (Å²) in [5.41, 5.74) is 1.38. The fourth-order valence-corrected chi connectivity index (χ4v) is 3.16. The lowest BCUT2D eigenvalue weighted by Crippen LogP contribution is -2.30. The van der Waals surface area contributed by atoms with Crippen LogP contribution in [0.1, 0.15) is 30.7 Å². The van der Waals surface area contributed by atoms with Crippen LogP contribution in [-0.4, -0.2) is 25.0 Å². The maximum absolute atomic E-state index is 13.9. The monoisotopic (exact) mass is 381 g/mol. The smallest absolute Gasteiger partial charge is 0.223 e. The number of hydrogen-bond acceptors (Lipinski definition) is 3. The minimum atomic E-state index is -0.329. The molecule has 1 aromatic heterocycles. The minimum absolute atomic E-state index is 0.00208. The van der Waals surface area contributed by atoms with Gasteiger partial charge in [0.2, 0.25) is 5.91 Å². The van der Waals surface area contributed by atoms with Crippen molar-refractivity contribution in [1.82, 2.24) is 4.90 Å². The van der Waals surface area contributed by atoms with Crippen LogP contribution in [0.5, 0.6) is 5.75 Å². The van der Waals surface area contributed by atoms with Gasteiger partial charge in [-0.25, -0.2) is 4.39 Å². The van der Waals surface area contributed by atoms with Crippen molar-refractivity contribution in [2.24, 2.45) is 0 Å². The van der Waals surface area contributed by atoms with Gasteiger partial charge in [0.05, 0.1) is 18.7 Å². The number of ether oxygens (including phenoxy) is 1. The highest BCUT2D eigenvalue weighted by atomic mass is 19.1. The van der Waals surface area contributed by atoms with Crippen LogP contribution >= 0.6 is 0 Å². The summed E-state index contributed by atoms with van der Waals surface area (Å²) in [7, 11) is 3.41. The van der Waals surface area contributed by atoms with E-state index in [1.165, 1.54) is 6.07 Å². The Morgan fingerprint density at radius 3 is 2.57 bits per heavy atom. The van der Waals surface area contributed by atoms with E-state index >= 15 is 0 Å². The molecule has 28 heavy (non-hydrogen) atoms. The third-order valence-corrected chi connectivity index (χ3v) is 4.95. The molecular weight excluding hydrogens is 357 g/mol. The van der Waals surface area contributed by atoms with Gasteiger partial charge in [-0.2, -0.15) is 0 Å². The summed E-state index contributed by atoms with van der Waals surface area (Å²) in [6, 6.07) is 17.6. The molecule has 1 heterocycles. The molecule has 0 aliphatic rings. The molecule has 1 amide bonds. The number of furan rings is 1.